The molecule has 30 heavy (non-hydrogen) atoms. The van der Waals surface area contributed by atoms with Gasteiger partial charge in [-0.25, -0.2) is 0 Å². The van der Waals surface area contributed by atoms with Gasteiger partial charge in [0.2, 0.25) is 11.7 Å². The topological polar surface area (TPSA) is 72.5 Å². The molecule has 8 heteroatoms. The number of amides is 1. The number of carbonyl (C=O) groups excluding carboxylic acids is 1. The highest BCUT2D eigenvalue weighted by molar-refractivity contribution is 7.99. The third kappa shape index (κ3) is 3.97. The van der Waals surface area contributed by atoms with Crippen LogP contribution in [0.2, 0.25) is 0 Å². The van der Waals surface area contributed by atoms with Crippen LogP contribution in [0.4, 0.5) is 0 Å². The smallest absolute Gasteiger partial charge is 0.262 e. The molecule has 1 aliphatic heterocycles. The Bertz CT molecular complexity index is 1110. The Morgan fingerprint density at radius 2 is 2.03 bits per heavy atom. The molecule has 160 valence electrons. The van der Waals surface area contributed by atoms with Crippen LogP contribution >= 0.6 is 11.8 Å². The van der Waals surface area contributed by atoms with Crippen molar-refractivity contribution in [3.05, 3.63) is 34.6 Å². The quantitative estimate of drug-likeness (QED) is 0.424. The molecule has 0 aliphatic carbocycles. The molecular formula is C22H29N5O2S. The van der Waals surface area contributed by atoms with E-state index in [2.05, 4.69) is 24.0 Å². The summed E-state index contributed by atoms with van der Waals surface area (Å²) in [5.74, 6) is 1.02. The first-order valence-corrected chi connectivity index (χ1v) is 11.9. The van der Waals surface area contributed by atoms with Crippen molar-refractivity contribution in [3.63, 3.8) is 0 Å². The maximum atomic E-state index is 13.1. The summed E-state index contributed by atoms with van der Waals surface area (Å²) in [5.41, 5.74) is 0.756. The van der Waals surface area contributed by atoms with Crippen LogP contribution in [0.15, 0.2) is 34.2 Å². The molecule has 0 spiro atoms. The lowest BCUT2D eigenvalue weighted by atomic mass is 10.0. The molecule has 3 aromatic rings. The zero-order valence-electron chi connectivity index (χ0n) is 17.7. The molecule has 0 N–H and O–H groups in total. The van der Waals surface area contributed by atoms with Crippen molar-refractivity contribution in [1.29, 1.82) is 0 Å². The molecule has 0 saturated carbocycles. The van der Waals surface area contributed by atoms with Gasteiger partial charge in [0, 0.05) is 19.1 Å². The van der Waals surface area contributed by atoms with Crippen LogP contribution in [0.25, 0.3) is 16.7 Å². The summed E-state index contributed by atoms with van der Waals surface area (Å²) < 4.78 is 3.66. The van der Waals surface area contributed by atoms with Gasteiger partial charge < -0.3 is 4.90 Å². The molecular weight excluding hydrogens is 398 g/mol. The predicted molar refractivity (Wildman–Crippen MR) is 120 cm³/mol. The Kier molecular flexibility index (Phi) is 6.41. The summed E-state index contributed by atoms with van der Waals surface area (Å²) in [5, 5.41) is 10.0. The Labute approximate surface area is 180 Å². The van der Waals surface area contributed by atoms with Crippen molar-refractivity contribution in [3.8, 4) is 0 Å². The Morgan fingerprint density at radius 1 is 1.20 bits per heavy atom. The minimum atomic E-state index is -0.0311. The van der Waals surface area contributed by atoms with E-state index >= 15 is 0 Å². The first-order chi connectivity index (χ1) is 14.6. The van der Waals surface area contributed by atoms with Gasteiger partial charge in [0.05, 0.1) is 16.7 Å². The first-order valence-electron chi connectivity index (χ1n) is 10.9. The maximum Gasteiger partial charge on any atom is 0.262 e. The Morgan fingerprint density at radius 3 is 2.83 bits per heavy atom. The second-order valence-electron chi connectivity index (χ2n) is 8.02. The van der Waals surface area contributed by atoms with Gasteiger partial charge in [-0.2, -0.15) is 0 Å². The number of hydrogen-bond acceptors (Lipinski definition) is 5. The second kappa shape index (κ2) is 9.20. The molecule has 4 rings (SSSR count). The zero-order valence-corrected chi connectivity index (χ0v) is 18.5. The molecule has 1 fully saturated rings. The molecule has 1 aromatic carbocycles. The number of rotatable bonds is 7. The number of aryl methyl sites for hydroxylation is 1. The largest absolute Gasteiger partial charge is 0.339 e. The summed E-state index contributed by atoms with van der Waals surface area (Å²) in [6.07, 6.45) is 6.40. The highest BCUT2D eigenvalue weighted by Gasteiger charge is 2.24. The number of piperidine rings is 1. The van der Waals surface area contributed by atoms with E-state index in [-0.39, 0.29) is 11.5 Å². The van der Waals surface area contributed by atoms with Gasteiger partial charge in [-0.15, -0.1) is 10.2 Å². The van der Waals surface area contributed by atoms with E-state index in [1.807, 2.05) is 33.6 Å². The van der Waals surface area contributed by atoms with Crippen LogP contribution < -0.4 is 5.56 Å². The first kappa shape index (κ1) is 20.9. The van der Waals surface area contributed by atoms with Crippen molar-refractivity contribution in [1.82, 2.24) is 24.1 Å². The van der Waals surface area contributed by atoms with E-state index in [1.54, 1.807) is 4.57 Å². The van der Waals surface area contributed by atoms with Gasteiger partial charge in [-0.3, -0.25) is 18.6 Å². The van der Waals surface area contributed by atoms with Crippen LogP contribution in [0.5, 0.6) is 0 Å². The van der Waals surface area contributed by atoms with Gasteiger partial charge >= 0.3 is 0 Å². The van der Waals surface area contributed by atoms with Crippen molar-refractivity contribution >= 4 is 34.3 Å². The van der Waals surface area contributed by atoms with Crippen molar-refractivity contribution < 1.29 is 4.79 Å². The van der Waals surface area contributed by atoms with Crippen LogP contribution in [0.3, 0.4) is 0 Å². The van der Waals surface area contributed by atoms with Gasteiger partial charge in [-0.1, -0.05) is 43.7 Å². The Balaban J connectivity index is 1.67. The monoisotopic (exact) mass is 427 g/mol. The summed E-state index contributed by atoms with van der Waals surface area (Å²) >= 11 is 1.40. The van der Waals surface area contributed by atoms with Gasteiger partial charge in [0.25, 0.3) is 5.56 Å². The maximum absolute atomic E-state index is 13.1. The molecule has 1 unspecified atom stereocenters. The SMILES string of the molecule is CCCCCn1c(=O)c2ccccc2n2c(SCC(=O)N3CCCCC3C)nnc12. The molecule has 1 aliphatic rings. The Hall–Kier alpha value is -2.35. The molecule has 1 amide bonds. The normalized spacial score (nSPS) is 17.1. The minimum Gasteiger partial charge on any atom is -0.339 e. The van der Waals surface area contributed by atoms with E-state index in [0.29, 0.717) is 34.7 Å². The highest BCUT2D eigenvalue weighted by Crippen LogP contribution is 2.24. The van der Waals surface area contributed by atoms with Crippen LogP contribution in [0.1, 0.15) is 52.4 Å². The fourth-order valence-corrected chi connectivity index (χ4v) is 5.05. The van der Waals surface area contributed by atoms with E-state index < -0.39 is 0 Å². The van der Waals surface area contributed by atoms with E-state index in [4.69, 9.17) is 0 Å². The van der Waals surface area contributed by atoms with E-state index in [1.165, 1.54) is 18.2 Å². The summed E-state index contributed by atoms with van der Waals surface area (Å²) in [6, 6.07) is 7.86. The van der Waals surface area contributed by atoms with Crippen molar-refractivity contribution in [2.24, 2.45) is 0 Å². The molecule has 0 bridgehead atoms. The third-order valence-electron chi connectivity index (χ3n) is 5.91. The average Bonchev–Trinajstić information content (AvgIpc) is 3.19. The fourth-order valence-electron chi connectivity index (χ4n) is 4.23. The number of benzene rings is 1. The number of carbonyl (C=O) groups is 1. The number of fused-ring (bicyclic) bond motifs is 3. The standard InChI is InChI=1S/C22H29N5O2S/c1-3-4-8-14-26-20(29)17-11-5-6-12-18(17)27-21(26)23-24-22(27)30-15-19(28)25-13-9-7-10-16(25)2/h5-6,11-12,16H,3-4,7-10,13-15H2,1-2H3. The van der Waals surface area contributed by atoms with Gasteiger partial charge in [-0.05, 0) is 44.7 Å². The molecule has 1 saturated heterocycles. The van der Waals surface area contributed by atoms with Crippen LogP contribution in [-0.4, -0.2) is 48.3 Å². The number of nitrogens with zero attached hydrogens (tertiary/aromatic N) is 5. The van der Waals surface area contributed by atoms with Crippen LogP contribution in [0, 0.1) is 0 Å². The summed E-state index contributed by atoms with van der Waals surface area (Å²) in [4.78, 5) is 27.8. The average molecular weight is 428 g/mol. The molecule has 7 nitrogen and oxygen atoms in total. The number of para-hydroxylation sites is 1. The van der Waals surface area contributed by atoms with Crippen molar-refractivity contribution in [2.75, 3.05) is 12.3 Å². The molecule has 1 atom stereocenters. The number of likely N-dealkylation sites (tertiary alicyclic amines) is 1. The predicted octanol–water partition coefficient (Wildman–Crippen LogP) is 3.73. The second-order valence-corrected chi connectivity index (χ2v) is 8.96. The number of hydrogen-bond donors (Lipinski definition) is 0. The van der Waals surface area contributed by atoms with E-state index in [0.717, 1.165) is 44.2 Å². The lowest BCUT2D eigenvalue weighted by molar-refractivity contribution is -0.131. The lowest BCUT2D eigenvalue weighted by Crippen LogP contribution is -2.42. The van der Waals surface area contributed by atoms with Crippen LogP contribution in [-0.2, 0) is 11.3 Å². The number of thioether (sulfide) groups is 1. The highest BCUT2D eigenvalue weighted by atomic mass is 32.2. The van der Waals surface area contributed by atoms with Gasteiger partial charge in [0.15, 0.2) is 5.16 Å². The third-order valence-corrected chi connectivity index (χ3v) is 6.83. The molecule has 2 aromatic heterocycles. The summed E-state index contributed by atoms with van der Waals surface area (Å²) in [6.45, 7) is 5.72. The summed E-state index contributed by atoms with van der Waals surface area (Å²) in [7, 11) is 0. The van der Waals surface area contributed by atoms with Gasteiger partial charge in [0.1, 0.15) is 0 Å². The zero-order chi connectivity index (χ0) is 21.1. The number of unbranched alkanes of at least 4 members (excludes halogenated alkanes) is 2. The molecule has 3 heterocycles. The minimum absolute atomic E-state index is 0.0311. The number of aromatic nitrogens is 4. The lowest BCUT2D eigenvalue weighted by Gasteiger charge is -2.33. The fraction of sp³-hybridized carbons (Fsp3) is 0.545. The van der Waals surface area contributed by atoms with Crippen molar-refractivity contribution in [2.45, 2.75) is 70.1 Å². The van der Waals surface area contributed by atoms with E-state index in [9.17, 15) is 9.59 Å². The molecule has 0 radical (unpaired) electrons.